The summed E-state index contributed by atoms with van der Waals surface area (Å²) in [4.78, 5) is 15.2. The lowest BCUT2D eigenvalue weighted by molar-refractivity contribution is 0.470. The highest BCUT2D eigenvalue weighted by atomic mass is 16.3. The van der Waals surface area contributed by atoms with Gasteiger partial charge in [0, 0.05) is 11.8 Å². The molecule has 0 heterocycles. The van der Waals surface area contributed by atoms with Gasteiger partial charge >= 0.3 is 0 Å². The second-order valence-corrected chi connectivity index (χ2v) is 6.32. The SMILES string of the molecule is Cc1cc(N=O)cc(C=Nc2ccccc2C(C)(C)C)c1O. The van der Waals surface area contributed by atoms with Crippen molar-refractivity contribution in [1.82, 2.24) is 0 Å². The van der Waals surface area contributed by atoms with Gasteiger partial charge in [-0.3, -0.25) is 4.99 Å². The number of phenols is 1. The molecule has 0 fully saturated rings. The van der Waals surface area contributed by atoms with E-state index >= 15 is 0 Å². The second kappa shape index (κ2) is 6.10. The zero-order chi connectivity index (χ0) is 16.3. The normalized spacial score (nSPS) is 11.8. The molecule has 0 aliphatic carbocycles. The van der Waals surface area contributed by atoms with E-state index in [-0.39, 0.29) is 16.9 Å². The molecule has 0 aliphatic rings. The van der Waals surface area contributed by atoms with Gasteiger partial charge in [-0.2, -0.15) is 0 Å². The summed E-state index contributed by atoms with van der Waals surface area (Å²) in [5, 5.41) is 13.0. The molecule has 1 N–H and O–H groups in total. The molecule has 0 radical (unpaired) electrons. The maximum Gasteiger partial charge on any atom is 0.127 e. The Labute approximate surface area is 130 Å². The molecule has 22 heavy (non-hydrogen) atoms. The monoisotopic (exact) mass is 296 g/mol. The molecule has 0 amide bonds. The highest BCUT2D eigenvalue weighted by molar-refractivity contribution is 5.87. The van der Waals surface area contributed by atoms with Crippen LogP contribution in [0.5, 0.6) is 5.75 Å². The van der Waals surface area contributed by atoms with Crippen molar-refractivity contribution in [2.45, 2.75) is 33.1 Å². The van der Waals surface area contributed by atoms with Gasteiger partial charge in [0.15, 0.2) is 0 Å². The summed E-state index contributed by atoms with van der Waals surface area (Å²) >= 11 is 0. The minimum Gasteiger partial charge on any atom is -0.507 e. The summed E-state index contributed by atoms with van der Waals surface area (Å²) in [6.45, 7) is 8.10. The summed E-state index contributed by atoms with van der Waals surface area (Å²) in [6.07, 6.45) is 1.57. The van der Waals surface area contributed by atoms with Crippen LogP contribution in [0.1, 0.15) is 37.5 Å². The molecule has 4 nitrogen and oxygen atoms in total. The molecule has 2 rings (SSSR count). The number of benzene rings is 2. The Morgan fingerprint density at radius 1 is 1.14 bits per heavy atom. The molecule has 2 aromatic carbocycles. The first-order chi connectivity index (χ1) is 10.3. The summed E-state index contributed by atoms with van der Waals surface area (Å²) in [5.41, 5.74) is 3.29. The molecule has 114 valence electrons. The van der Waals surface area contributed by atoms with Crippen molar-refractivity contribution >= 4 is 17.6 Å². The number of phenolic OH excluding ortho intramolecular Hbond substituents is 1. The van der Waals surface area contributed by atoms with Gasteiger partial charge in [0.1, 0.15) is 11.4 Å². The molecular weight excluding hydrogens is 276 g/mol. The van der Waals surface area contributed by atoms with E-state index in [0.29, 0.717) is 11.1 Å². The zero-order valence-electron chi connectivity index (χ0n) is 13.3. The molecule has 0 aliphatic heterocycles. The summed E-state index contributed by atoms with van der Waals surface area (Å²) in [6, 6.07) is 11.0. The third-order valence-corrected chi connectivity index (χ3v) is 3.47. The van der Waals surface area contributed by atoms with E-state index in [0.717, 1.165) is 11.3 Å². The zero-order valence-corrected chi connectivity index (χ0v) is 13.3. The van der Waals surface area contributed by atoms with E-state index < -0.39 is 0 Å². The van der Waals surface area contributed by atoms with Crippen LogP contribution in [0.4, 0.5) is 11.4 Å². The number of rotatable bonds is 3. The quantitative estimate of drug-likeness (QED) is 0.629. The van der Waals surface area contributed by atoms with Crippen LogP contribution in [0.2, 0.25) is 0 Å². The van der Waals surface area contributed by atoms with Crippen LogP contribution in [0.25, 0.3) is 0 Å². The fraction of sp³-hybridized carbons (Fsp3) is 0.278. The largest absolute Gasteiger partial charge is 0.507 e. The predicted octanol–water partition coefficient (Wildman–Crippen LogP) is 5.15. The average molecular weight is 296 g/mol. The van der Waals surface area contributed by atoms with Crippen molar-refractivity contribution < 1.29 is 5.11 Å². The maximum absolute atomic E-state index is 10.7. The van der Waals surface area contributed by atoms with Gasteiger partial charge < -0.3 is 5.11 Å². The van der Waals surface area contributed by atoms with Gasteiger partial charge in [-0.1, -0.05) is 39.0 Å². The van der Waals surface area contributed by atoms with Gasteiger partial charge in [-0.05, 0) is 46.8 Å². The van der Waals surface area contributed by atoms with Crippen LogP contribution >= 0.6 is 0 Å². The van der Waals surface area contributed by atoms with Crippen molar-refractivity contribution in [3.8, 4) is 5.75 Å². The first-order valence-corrected chi connectivity index (χ1v) is 7.13. The average Bonchev–Trinajstić information content (AvgIpc) is 2.48. The minimum atomic E-state index is -0.0297. The van der Waals surface area contributed by atoms with E-state index in [1.807, 2.05) is 24.3 Å². The Morgan fingerprint density at radius 2 is 1.82 bits per heavy atom. The van der Waals surface area contributed by atoms with Crippen LogP contribution in [0.3, 0.4) is 0 Å². The first kappa shape index (κ1) is 15.9. The molecule has 4 heteroatoms. The van der Waals surface area contributed by atoms with E-state index in [1.54, 1.807) is 19.2 Å². The van der Waals surface area contributed by atoms with E-state index in [2.05, 4.69) is 30.9 Å². The fourth-order valence-electron chi connectivity index (χ4n) is 2.30. The Kier molecular flexibility index (Phi) is 4.40. The number of aliphatic imine (C=N–C) groups is 1. The standard InChI is InChI=1S/C18H20N2O2/c1-12-9-14(20-22)10-13(17(12)21)11-19-16-8-6-5-7-15(16)18(2,3)4/h5-11,21H,1-4H3. The van der Waals surface area contributed by atoms with Crippen molar-refractivity contribution in [3.05, 3.63) is 58.0 Å². The number of aromatic hydroxyl groups is 1. The second-order valence-electron chi connectivity index (χ2n) is 6.32. The number of nitroso groups, excluding NO2 is 1. The number of nitrogens with zero attached hydrogens (tertiary/aromatic N) is 2. The Bertz CT molecular complexity index is 728. The topological polar surface area (TPSA) is 62.0 Å². The molecule has 0 unspecified atom stereocenters. The minimum absolute atomic E-state index is 0.0297. The smallest absolute Gasteiger partial charge is 0.127 e. The van der Waals surface area contributed by atoms with Crippen molar-refractivity contribution in [2.24, 2.45) is 10.2 Å². The Balaban J connectivity index is 2.46. The van der Waals surface area contributed by atoms with E-state index in [4.69, 9.17) is 0 Å². The third-order valence-electron chi connectivity index (χ3n) is 3.47. The van der Waals surface area contributed by atoms with Gasteiger partial charge in [0.2, 0.25) is 0 Å². The van der Waals surface area contributed by atoms with Gasteiger partial charge in [0.05, 0.1) is 5.69 Å². The summed E-state index contributed by atoms with van der Waals surface area (Å²) < 4.78 is 0. The number of aryl methyl sites for hydroxylation is 1. The molecule has 0 bridgehead atoms. The van der Waals surface area contributed by atoms with Crippen molar-refractivity contribution in [2.75, 3.05) is 0 Å². The molecule has 0 saturated carbocycles. The highest BCUT2D eigenvalue weighted by Gasteiger charge is 2.17. The predicted molar refractivity (Wildman–Crippen MR) is 90.7 cm³/mol. The van der Waals surface area contributed by atoms with E-state index in [9.17, 15) is 10.0 Å². The Morgan fingerprint density at radius 3 is 2.45 bits per heavy atom. The number of hydrogen-bond acceptors (Lipinski definition) is 4. The molecule has 0 saturated heterocycles. The van der Waals surface area contributed by atoms with Crippen molar-refractivity contribution in [3.63, 3.8) is 0 Å². The maximum atomic E-state index is 10.7. The first-order valence-electron chi connectivity index (χ1n) is 7.13. The molecule has 0 spiro atoms. The van der Waals surface area contributed by atoms with Crippen molar-refractivity contribution in [1.29, 1.82) is 0 Å². The number of para-hydroxylation sites is 1. The third kappa shape index (κ3) is 3.39. The van der Waals surface area contributed by atoms with Crippen LogP contribution in [-0.4, -0.2) is 11.3 Å². The van der Waals surface area contributed by atoms with Crippen LogP contribution in [-0.2, 0) is 5.41 Å². The number of hydrogen-bond donors (Lipinski definition) is 1. The lowest BCUT2D eigenvalue weighted by Gasteiger charge is -2.20. The highest BCUT2D eigenvalue weighted by Crippen LogP contribution is 2.32. The fourth-order valence-corrected chi connectivity index (χ4v) is 2.30. The molecule has 0 atom stereocenters. The summed E-state index contributed by atoms with van der Waals surface area (Å²) in [5.74, 6) is 0.115. The van der Waals surface area contributed by atoms with Crippen LogP contribution < -0.4 is 0 Å². The van der Waals surface area contributed by atoms with Gasteiger partial charge in [-0.25, -0.2) is 0 Å². The van der Waals surface area contributed by atoms with E-state index in [1.165, 1.54) is 6.07 Å². The molecular formula is C18H20N2O2. The lowest BCUT2D eigenvalue weighted by Crippen LogP contribution is -2.11. The van der Waals surface area contributed by atoms with Gasteiger partial charge in [0.25, 0.3) is 0 Å². The van der Waals surface area contributed by atoms with Crippen LogP contribution in [0.15, 0.2) is 46.6 Å². The molecule has 2 aromatic rings. The van der Waals surface area contributed by atoms with Gasteiger partial charge in [-0.15, -0.1) is 4.91 Å². The summed E-state index contributed by atoms with van der Waals surface area (Å²) in [7, 11) is 0. The Hall–Kier alpha value is -2.49. The lowest BCUT2D eigenvalue weighted by atomic mass is 9.86. The molecule has 0 aromatic heterocycles. The van der Waals surface area contributed by atoms with Crippen LogP contribution in [0, 0.1) is 11.8 Å².